The smallest absolute Gasteiger partial charge is 0.165 e. The number of rotatable bonds is 4. The highest BCUT2D eigenvalue weighted by Gasteiger charge is 2.16. The van der Waals surface area contributed by atoms with Crippen molar-refractivity contribution in [3.63, 3.8) is 0 Å². The lowest BCUT2D eigenvalue weighted by atomic mass is 10.0. The van der Waals surface area contributed by atoms with E-state index in [2.05, 4.69) is 15.0 Å². The number of hydrogen-bond donors (Lipinski definition) is 1. The summed E-state index contributed by atoms with van der Waals surface area (Å²) in [4.78, 5) is 13.0. The van der Waals surface area contributed by atoms with Gasteiger partial charge in [-0.15, -0.1) is 0 Å². The van der Waals surface area contributed by atoms with Gasteiger partial charge in [-0.2, -0.15) is 0 Å². The molecule has 0 saturated carbocycles. The number of nitrogen functional groups attached to an aromatic ring is 1. The molecule has 0 bridgehead atoms. The Morgan fingerprint density at radius 3 is 2.58 bits per heavy atom. The fraction of sp³-hybridized carbons (Fsp3) is 0.105. The average molecular weight is 348 g/mol. The lowest BCUT2D eigenvalue weighted by molar-refractivity contribution is 0.355. The van der Waals surface area contributed by atoms with Crippen LogP contribution in [0, 0.1) is 0 Å². The molecule has 0 aliphatic heterocycles. The van der Waals surface area contributed by atoms with E-state index in [1.165, 1.54) is 6.33 Å². The van der Waals surface area contributed by atoms with Crippen LogP contribution in [-0.2, 0) is 0 Å². The van der Waals surface area contributed by atoms with Crippen LogP contribution in [0.3, 0.4) is 0 Å². The highest BCUT2D eigenvalue weighted by molar-refractivity contribution is 5.99. The maximum absolute atomic E-state index is 6.07. The van der Waals surface area contributed by atoms with E-state index in [1.807, 2.05) is 36.4 Å². The maximum atomic E-state index is 6.07. The summed E-state index contributed by atoms with van der Waals surface area (Å²) in [6.45, 7) is 0. The molecule has 0 saturated heterocycles. The number of benzene rings is 1. The molecular formula is C19H16N4O3. The zero-order chi connectivity index (χ0) is 18.1. The molecule has 130 valence electrons. The lowest BCUT2D eigenvalue weighted by Crippen LogP contribution is -1.98. The van der Waals surface area contributed by atoms with Gasteiger partial charge >= 0.3 is 0 Å². The molecular weight excluding hydrogens is 332 g/mol. The third-order valence-corrected chi connectivity index (χ3v) is 4.10. The second-order valence-corrected chi connectivity index (χ2v) is 5.56. The number of furan rings is 1. The van der Waals surface area contributed by atoms with Crippen molar-refractivity contribution in [2.45, 2.75) is 0 Å². The predicted octanol–water partition coefficient (Wildman–Crippen LogP) is 3.55. The van der Waals surface area contributed by atoms with Crippen molar-refractivity contribution in [3.8, 4) is 34.1 Å². The fourth-order valence-electron chi connectivity index (χ4n) is 2.86. The molecule has 2 N–H and O–H groups in total. The first-order valence-corrected chi connectivity index (χ1v) is 7.88. The summed E-state index contributed by atoms with van der Waals surface area (Å²) < 4.78 is 16.3. The van der Waals surface area contributed by atoms with Crippen LogP contribution in [0.1, 0.15) is 0 Å². The SMILES string of the molecule is COc1ccc(-c2cc(-c3ccco3)c3c(N)ncnc3n2)cc1OC. The van der Waals surface area contributed by atoms with Gasteiger partial charge in [0, 0.05) is 11.1 Å². The average Bonchev–Trinajstić information content (AvgIpc) is 3.21. The number of pyridine rings is 1. The van der Waals surface area contributed by atoms with Crippen molar-refractivity contribution in [2.24, 2.45) is 0 Å². The van der Waals surface area contributed by atoms with Crippen molar-refractivity contribution in [1.82, 2.24) is 15.0 Å². The molecule has 0 fully saturated rings. The molecule has 4 aromatic rings. The van der Waals surface area contributed by atoms with Crippen molar-refractivity contribution in [1.29, 1.82) is 0 Å². The first-order chi connectivity index (χ1) is 12.7. The van der Waals surface area contributed by atoms with Crippen LogP contribution in [0.15, 0.2) is 53.4 Å². The first-order valence-electron chi connectivity index (χ1n) is 7.88. The number of hydrogen-bond acceptors (Lipinski definition) is 7. The molecule has 7 nitrogen and oxygen atoms in total. The van der Waals surface area contributed by atoms with Crippen molar-refractivity contribution in [2.75, 3.05) is 20.0 Å². The summed E-state index contributed by atoms with van der Waals surface area (Å²) in [5, 5.41) is 0.659. The van der Waals surface area contributed by atoms with E-state index in [-0.39, 0.29) is 0 Å². The molecule has 7 heteroatoms. The molecule has 0 unspecified atom stereocenters. The quantitative estimate of drug-likeness (QED) is 0.602. The molecule has 0 radical (unpaired) electrons. The van der Waals surface area contributed by atoms with Crippen LogP contribution in [0.4, 0.5) is 5.82 Å². The van der Waals surface area contributed by atoms with E-state index in [0.717, 1.165) is 11.1 Å². The van der Waals surface area contributed by atoms with Gasteiger partial charge < -0.3 is 19.6 Å². The molecule has 4 rings (SSSR count). The number of nitrogens with zero attached hydrogens (tertiary/aromatic N) is 3. The number of ether oxygens (including phenoxy) is 2. The van der Waals surface area contributed by atoms with E-state index in [0.29, 0.717) is 39.8 Å². The van der Waals surface area contributed by atoms with Gasteiger partial charge in [0.15, 0.2) is 17.1 Å². The van der Waals surface area contributed by atoms with E-state index < -0.39 is 0 Å². The third-order valence-electron chi connectivity index (χ3n) is 4.10. The monoisotopic (exact) mass is 348 g/mol. The Bertz CT molecular complexity index is 1080. The Labute approximate surface area is 149 Å². The van der Waals surface area contributed by atoms with E-state index in [1.54, 1.807) is 20.5 Å². The standard InChI is InChI=1S/C19H16N4O3/c1-24-15-6-5-11(8-16(15)25-2)13-9-12(14-4-3-7-26-14)17-18(20)21-10-22-19(17)23-13/h3-10H,1-2H3,(H2,20,21,22,23). The molecule has 0 aliphatic rings. The minimum absolute atomic E-state index is 0.354. The van der Waals surface area contributed by atoms with Crippen LogP contribution in [0.5, 0.6) is 11.5 Å². The Balaban J connectivity index is 1.98. The highest BCUT2D eigenvalue weighted by Crippen LogP contribution is 2.36. The van der Waals surface area contributed by atoms with Crippen molar-refractivity contribution < 1.29 is 13.9 Å². The zero-order valence-corrected chi connectivity index (χ0v) is 14.3. The number of aromatic nitrogens is 3. The van der Waals surface area contributed by atoms with Crippen molar-refractivity contribution in [3.05, 3.63) is 49.0 Å². The third kappa shape index (κ3) is 2.59. The van der Waals surface area contributed by atoms with Gasteiger partial charge in [-0.1, -0.05) is 0 Å². The van der Waals surface area contributed by atoms with Gasteiger partial charge in [0.2, 0.25) is 0 Å². The summed E-state index contributed by atoms with van der Waals surface area (Å²) in [5.41, 5.74) is 8.91. The normalized spacial score (nSPS) is 10.8. The second-order valence-electron chi connectivity index (χ2n) is 5.56. The first kappa shape index (κ1) is 15.9. The van der Waals surface area contributed by atoms with Crippen LogP contribution in [0.2, 0.25) is 0 Å². The zero-order valence-electron chi connectivity index (χ0n) is 14.3. The fourth-order valence-corrected chi connectivity index (χ4v) is 2.86. The van der Waals surface area contributed by atoms with E-state index in [9.17, 15) is 0 Å². The van der Waals surface area contributed by atoms with Gasteiger partial charge in [-0.05, 0) is 36.4 Å². The van der Waals surface area contributed by atoms with Gasteiger partial charge in [0.05, 0.1) is 31.6 Å². The topological polar surface area (TPSA) is 96.3 Å². The summed E-state index contributed by atoms with van der Waals surface area (Å²) in [6.07, 6.45) is 3.01. The molecule has 3 heterocycles. The van der Waals surface area contributed by atoms with Gasteiger partial charge in [-0.25, -0.2) is 15.0 Å². The van der Waals surface area contributed by atoms with Crippen LogP contribution in [0.25, 0.3) is 33.6 Å². The number of methoxy groups -OCH3 is 2. The Kier molecular flexibility index (Phi) is 3.89. The molecule has 0 spiro atoms. The molecule has 26 heavy (non-hydrogen) atoms. The largest absolute Gasteiger partial charge is 0.493 e. The van der Waals surface area contributed by atoms with Gasteiger partial charge in [0.1, 0.15) is 17.9 Å². The second kappa shape index (κ2) is 6.36. The minimum Gasteiger partial charge on any atom is -0.493 e. The van der Waals surface area contributed by atoms with E-state index in [4.69, 9.17) is 19.6 Å². The van der Waals surface area contributed by atoms with Crippen molar-refractivity contribution >= 4 is 16.9 Å². The molecule has 1 aromatic carbocycles. The summed E-state index contributed by atoms with van der Waals surface area (Å²) in [7, 11) is 3.19. The van der Waals surface area contributed by atoms with Crippen LogP contribution < -0.4 is 15.2 Å². The highest BCUT2D eigenvalue weighted by atomic mass is 16.5. The van der Waals surface area contributed by atoms with Crippen LogP contribution in [-0.4, -0.2) is 29.2 Å². The lowest BCUT2D eigenvalue weighted by Gasteiger charge is -2.11. The molecule has 3 aromatic heterocycles. The number of anilines is 1. The Morgan fingerprint density at radius 1 is 1.00 bits per heavy atom. The summed E-state index contributed by atoms with van der Waals surface area (Å²) in [6, 6.07) is 11.2. The maximum Gasteiger partial charge on any atom is 0.165 e. The summed E-state index contributed by atoms with van der Waals surface area (Å²) >= 11 is 0. The summed E-state index contributed by atoms with van der Waals surface area (Å²) in [5.74, 6) is 2.29. The molecule has 0 amide bonds. The molecule has 0 atom stereocenters. The Hall–Kier alpha value is -3.61. The van der Waals surface area contributed by atoms with Gasteiger partial charge in [0.25, 0.3) is 0 Å². The van der Waals surface area contributed by atoms with Crippen LogP contribution >= 0.6 is 0 Å². The molecule has 0 aliphatic carbocycles. The Morgan fingerprint density at radius 2 is 1.85 bits per heavy atom. The minimum atomic E-state index is 0.354. The predicted molar refractivity (Wildman–Crippen MR) is 98.0 cm³/mol. The van der Waals surface area contributed by atoms with Gasteiger partial charge in [-0.3, -0.25) is 0 Å². The number of fused-ring (bicyclic) bond motifs is 1. The van der Waals surface area contributed by atoms with E-state index >= 15 is 0 Å². The number of nitrogens with two attached hydrogens (primary N) is 1.